The Hall–Kier alpha value is -3.66. The second-order valence-electron chi connectivity index (χ2n) is 8.70. The molecule has 2 aromatic heterocycles. The molecule has 10 heteroatoms. The van der Waals surface area contributed by atoms with E-state index in [9.17, 15) is 4.39 Å². The van der Waals surface area contributed by atoms with E-state index in [4.69, 9.17) is 4.74 Å². The number of aromatic nitrogens is 3. The first-order valence-electron chi connectivity index (χ1n) is 11.3. The van der Waals surface area contributed by atoms with E-state index in [-0.39, 0.29) is 24.6 Å². The van der Waals surface area contributed by atoms with Crippen molar-refractivity contribution in [2.75, 3.05) is 25.1 Å². The number of hydrogen-bond acceptors (Lipinski definition) is 6. The number of hydrogen-bond donors (Lipinski definition) is 4. The zero-order valence-corrected chi connectivity index (χ0v) is 19.9. The summed E-state index contributed by atoms with van der Waals surface area (Å²) in [7, 11) is 0. The van der Waals surface area contributed by atoms with Gasteiger partial charge in [0.05, 0.1) is 0 Å². The van der Waals surface area contributed by atoms with Crippen molar-refractivity contribution in [2.24, 2.45) is 9.98 Å². The summed E-state index contributed by atoms with van der Waals surface area (Å²) in [5.41, 5.74) is 2.55. The SMILES string of the molecule is C=N/C(=C\C(=N/COc1ccc2[nH]c(C)cc2c1F)N1CC(C)NC(C)C1)Nc1cc(C)[nH]n1. The number of aryl methyl sites for hydroxylation is 2. The van der Waals surface area contributed by atoms with Gasteiger partial charge in [-0.3, -0.25) is 5.10 Å². The molecular weight excluding hydrogens is 435 g/mol. The number of amidine groups is 1. The average molecular weight is 467 g/mol. The number of H-pyrrole nitrogens is 2. The van der Waals surface area contributed by atoms with Crippen LogP contribution in [-0.2, 0) is 0 Å². The molecule has 34 heavy (non-hydrogen) atoms. The minimum absolute atomic E-state index is 0.0453. The molecule has 2 unspecified atom stereocenters. The van der Waals surface area contributed by atoms with Gasteiger partial charge in [-0.15, -0.1) is 0 Å². The maximum absolute atomic E-state index is 14.9. The van der Waals surface area contributed by atoms with Crippen LogP contribution in [0.2, 0.25) is 0 Å². The Morgan fingerprint density at radius 3 is 2.71 bits per heavy atom. The smallest absolute Gasteiger partial charge is 0.181 e. The summed E-state index contributed by atoms with van der Waals surface area (Å²) in [5, 5.41) is 14.2. The molecule has 0 bridgehead atoms. The molecule has 2 atom stereocenters. The maximum Gasteiger partial charge on any atom is 0.181 e. The van der Waals surface area contributed by atoms with Crippen LogP contribution in [0.25, 0.3) is 10.9 Å². The molecule has 4 rings (SSSR count). The molecule has 1 fully saturated rings. The molecule has 180 valence electrons. The van der Waals surface area contributed by atoms with Crippen molar-refractivity contribution in [3.05, 3.63) is 53.4 Å². The van der Waals surface area contributed by atoms with Crippen LogP contribution in [0, 0.1) is 19.7 Å². The summed E-state index contributed by atoms with van der Waals surface area (Å²) in [6, 6.07) is 7.62. The molecule has 4 N–H and O–H groups in total. The summed E-state index contributed by atoms with van der Waals surface area (Å²) >= 11 is 0. The van der Waals surface area contributed by atoms with Gasteiger partial charge in [0.25, 0.3) is 0 Å². The minimum atomic E-state index is -0.400. The Balaban J connectivity index is 1.58. The molecule has 0 radical (unpaired) electrons. The van der Waals surface area contributed by atoms with Gasteiger partial charge >= 0.3 is 0 Å². The molecule has 0 aliphatic carbocycles. The highest BCUT2D eigenvalue weighted by Crippen LogP contribution is 2.27. The van der Waals surface area contributed by atoms with Gasteiger partial charge < -0.3 is 25.3 Å². The lowest BCUT2D eigenvalue weighted by Crippen LogP contribution is -2.55. The minimum Gasteiger partial charge on any atom is -0.468 e. The monoisotopic (exact) mass is 466 g/mol. The molecule has 9 nitrogen and oxygen atoms in total. The highest BCUT2D eigenvalue weighted by Gasteiger charge is 2.23. The van der Waals surface area contributed by atoms with Crippen LogP contribution in [0.4, 0.5) is 10.2 Å². The molecule has 0 spiro atoms. The number of aliphatic imine (C=N–C) groups is 2. The van der Waals surface area contributed by atoms with Crippen LogP contribution in [0.5, 0.6) is 5.75 Å². The third kappa shape index (κ3) is 5.45. The lowest BCUT2D eigenvalue weighted by atomic mass is 10.1. The number of nitrogens with one attached hydrogen (secondary N) is 4. The van der Waals surface area contributed by atoms with Gasteiger partial charge in [0.2, 0.25) is 0 Å². The molecule has 1 saturated heterocycles. The van der Waals surface area contributed by atoms with Crippen molar-refractivity contribution in [3.63, 3.8) is 0 Å². The maximum atomic E-state index is 14.9. The van der Waals surface area contributed by atoms with Gasteiger partial charge in [-0.05, 0) is 52.6 Å². The van der Waals surface area contributed by atoms with Crippen molar-refractivity contribution >= 4 is 29.3 Å². The van der Waals surface area contributed by atoms with Crippen LogP contribution in [0.3, 0.4) is 0 Å². The first kappa shape index (κ1) is 23.5. The Bertz CT molecular complexity index is 1220. The van der Waals surface area contributed by atoms with Gasteiger partial charge in [-0.25, -0.2) is 14.4 Å². The molecule has 0 amide bonds. The van der Waals surface area contributed by atoms with E-state index in [1.807, 2.05) is 19.9 Å². The lowest BCUT2D eigenvalue weighted by molar-refractivity contribution is 0.251. The fourth-order valence-corrected chi connectivity index (χ4v) is 4.18. The quantitative estimate of drug-likeness (QED) is 0.314. The average Bonchev–Trinajstić information content (AvgIpc) is 3.37. The third-order valence-corrected chi connectivity index (χ3v) is 5.56. The Morgan fingerprint density at radius 2 is 2.03 bits per heavy atom. The first-order valence-corrected chi connectivity index (χ1v) is 11.3. The fourth-order valence-electron chi connectivity index (χ4n) is 4.18. The van der Waals surface area contributed by atoms with Crippen LogP contribution < -0.4 is 15.4 Å². The second-order valence-corrected chi connectivity index (χ2v) is 8.70. The highest BCUT2D eigenvalue weighted by atomic mass is 19.1. The number of piperazine rings is 1. The van der Waals surface area contributed by atoms with Crippen molar-refractivity contribution in [1.29, 1.82) is 0 Å². The van der Waals surface area contributed by atoms with Crippen molar-refractivity contribution in [2.45, 2.75) is 39.8 Å². The third-order valence-electron chi connectivity index (χ3n) is 5.56. The zero-order valence-electron chi connectivity index (χ0n) is 19.9. The summed E-state index contributed by atoms with van der Waals surface area (Å²) in [6.45, 7) is 13.2. The Kier molecular flexibility index (Phi) is 6.97. The predicted octanol–water partition coefficient (Wildman–Crippen LogP) is 3.72. The largest absolute Gasteiger partial charge is 0.468 e. The van der Waals surface area contributed by atoms with E-state index in [1.54, 1.807) is 24.3 Å². The van der Waals surface area contributed by atoms with Crippen LogP contribution in [0.15, 0.2) is 46.1 Å². The number of fused-ring (bicyclic) bond motifs is 1. The normalized spacial score (nSPS) is 19.5. The summed E-state index contributed by atoms with van der Waals surface area (Å²) in [5.74, 6) is 1.56. The van der Waals surface area contributed by atoms with Gasteiger partial charge in [0.1, 0.15) is 11.7 Å². The number of rotatable bonds is 7. The number of anilines is 1. The van der Waals surface area contributed by atoms with E-state index in [0.717, 1.165) is 30.0 Å². The lowest BCUT2D eigenvalue weighted by Gasteiger charge is -2.37. The standard InChI is InChI=1S/C24H31FN8O/c1-14-8-18-19(29-14)6-7-20(24(18)25)34-13-27-23(33-11-16(3)28-17(4)12-33)10-21(26-5)30-22-9-15(2)31-32-22/h6-10,16-17,28-29H,5,11-13H2,1-4H3,(H2,30,31,32)/b21-10+,27-23+. The molecule has 3 heterocycles. The fraction of sp³-hybridized carbons (Fsp3) is 0.375. The summed E-state index contributed by atoms with van der Waals surface area (Å²) in [4.78, 5) is 14.0. The Labute approximate surface area is 198 Å². The summed E-state index contributed by atoms with van der Waals surface area (Å²) in [6.07, 6.45) is 1.81. The number of nitrogens with zero attached hydrogens (tertiary/aromatic N) is 4. The molecule has 1 aliphatic heterocycles. The van der Waals surface area contributed by atoms with E-state index in [1.165, 1.54) is 0 Å². The molecular formula is C24H31FN8O. The molecule has 3 aromatic rings. The van der Waals surface area contributed by atoms with Crippen molar-refractivity contribution in [3.8, 4) is 5.75 Å². The van der Waals surface area contributed by atoms with Gasteiger partial charge in [-0.1, -0.05) is 0 Å². The van der Waals surface area contributed by atoms with Gasteiger partial charge in [0.15, 0.2) is 24.1 Å². The second kappa shape index (κ2) is 10.1. The Morgan fingerprint density at radius 1 is 1.26 bits per heavy atom. The van der Waals surface area contributed by atoms with Crippen LogP contribution in [0.1, 0.15) is 25.2 Å². The van der Waals surface area contributed by atoms with Crippen molar-refractivity contribution in [1.82, 2.24) is 25.4 Å². The number of halogens is 1. The number of aromatic amines is 2. The van der Waals surface area contributed by atoms with Gasteiger partial charge in [0, 0.05) is 59.6 Å². The van der Waals surface area contributed by atoms with E-state index in [0.29, 0.717) is 22.9 Å². The van der Waals surface area contributed by atoms with Crippen LogP contribution in [-0.4, -0.2) is 64.5 Å². The van der Waals surface area contributed by atoms with E-state index >= 15 is 0 Å². The zero-order chi connectivity index (χ0) is 24.2. The first-order chi connectivity index (χ1) is 16.3. The van der Waals surface area contributed by atoms with Gasteiger partial charge in [-0.2, -0.15) is 5.10 Å². The van der Waals surface area contributed by atoms with E-state index in [2.05, 4.69) is 61.3 Å². The van der Waals surface area contributed by atoms with Crippen LogP contribution >= 0.6 is 0 Å². The van der Waals surface area contributed by atoms with E-state index < -0.39 is 5.82 Å². The summed E-state index contributed by atoms with van der Waals surface area (Å²) < 4.78 is 20.6. The number of ether oxygens (including phenoxy) is 1. The molecule has 1 aliphatic rings. The molecule has 1 aromatic carbocycles. The predicted molar refractivity (Wildman–Crippen MR) is 134 cm³/mol. The highest BCUT2D eigenvalue weighted by molar-refractivity contribution is 5.94. The number of benzene rings is 1. The molecule has 0 saturated carbocycles. The topological polar surface area (TPSA) is 106 Å². The van der Waals surface area contributed by atoms with Crippen molar-refractivity contribution < 1.29 is 9.13 Å².